The number of esters is 2. The normalized spacial score (nSPS) is 15.3. The molecule has 0 aliphatic carbocycles. The lowest BCUT2D eigenvalue weighted by molar-refractivity contribution is -0.136. The number of halogens is 2. The number of methoxy groups -OCH3 is 2. The second-order valence-electron chi connectivity index (χ2n) is 7.74. The standard InChI is InChI=1S/C25H20Cl2N2O6S/c1-12-21(24(32)34-4)22(15-6-8-18(35-13(2)30)19(9-15)33-3)29-23(31)20(36-25(29)28-12)10-14-5-7-16(26)11-17(14)27/h5-11,22H,1-4H3/b20-10+. The minimum Gasteiger partial charge on any atom is -0.493 e. The number of allylic oxidation sites excluding steroid dienone is 1. The van der Waals surface area contributed by atoms with Crippen LogP contribution in [0, 0.1) is 0 Å². The van der Waals surface area contributed by atoms with Gasteiger partial charge >= 0.3 is 11.9 Å². The molecule has 36 heavy (non-hydrogen) atoms. The van der Waals surface area contributed by atoms with Gasteiger partial charge in [-0.25, -0.2) is 9.79 Å². The van der Waals surface area contributed by atoms with Crippen LogP contribution >= 0.6 is 34.5 Å². The molecule has 0 N–H and O–H groups in total. The lowest BCUT2D eigenvalue weighted by Gasteiger charge is -2.25. The first kappa shape index (κ1) is 25.7. The second kappa shape index (κ2) is 10.3. The van der Waals surface area contributed by atoms with Crippen molar-refractivity contribution < 1.29 is 23.8 Å². The topological polar surface area (TPSA) is 96.2 Å². The molecule has 0 amide bonds. The predicted octanol–water partition coefficient (Wildman–Crippen LogP) is 3.65. The number of hydrogen-bond acceptors (Lipinski definition) is 8. The van der Waals surface area contributed by atoms with Crippen LogP contribution in [0.3, 0.4) is 0 Å². The fourth-order valence-corrected chi connectivity index (χ4v) is 5.36. The first-order valence-electron chi connectivity index (χ1n) is 10.6. The van der Waals surface area contributed by atoms with Crippen molar-refractivity contribution in [2.75, 3.05) is 14.2 Å². The van der Waals surface area contributed by atoms with E-state index in [0.717, 1.165) is 11.3 Å². The molecule has 186 valence electrons. The van der Waals surface area contributed by atoms with E-state index >= 15 is 0 Å². The molecule has 1 aromatic heterocycles. The van der Waals surface area contributed by atoms with E-state index in [1.807, 2.05) is 0 Å². The summed E-state index contributed by atoms with van der Waals surface area (Å²) in [7, 11) is 2.69. The summed E-state index contributed by atoms with van der Waals surface area (Å²) in [4.78, 5) is 42.9. The number of fused-ring (bicyclic) bond motifs is 1. The number of aromatic nitrogens is 1. The number of carbonyl (C=O) groups is 2. The maximum atomic E-state index is 13.6. The Morgan fingerprint density at radius 1 is 1.11 bits per heavy atom. The summed E-state index contributed by atoms with van der Waals surface area (Å²) in [5.74, 6) is -0.671. The number of ether oxygens (including phenoxy) is 3. The third-order valence-electron chi connectivity index (χ3n) is 5.43. The highest BCUT2D eigenvalue weighted by Crippen LogP contribution is 2.36. The third kappa shape index (κ3) is 4.82. The fourth-order valence-electron chi connectivity index (χ4n) is 3.86. The van der Waals surface area contributed by atoms with Gasteiger partial charge in [0.1, 0.15) is 0 Å². The van der Waals surface area contributed by atoms with E-state index in [1.165, 1.54) is 25.7 Å². The molecular formula is C25H20Cl2N2O6S. The molecule has 1 aliphatic heterocycles. The van der Waals surface area contributed by atoms with Gasteiger partial charge in [0.05, 0.1) is 36.1 Å². The summed E-state index contributed by atoms with van der Waals surface area (Å²) in [5, 5.41) is 0.866. The Hall–Kier alpha value is -3.40. The van der Waals surface area contributed by atoms with Gasteiger partial charge in [0.25, 0.3) is 5.56 Å². The van der Waals surface area contributed by atoms with Gasteiger partial charge in [-0.05, 0) is 48.4 Å². The zero-order valence-corrected chi connectivity index (χ0v) is 22.0. The predicted molar refractivity (Wildman–Crippen MR) is 137 cm³/mol. The summed E-state index contributed by atoms with van der Waals surface area (Å²) in [6.07, 6.45) is 1.65. The highest BCUT2D eigenvalue weighted by Gasteiger charge is 2.33. The van der Waals surface area contributed by atoms with Crippen molar-refractivity contribution in [1.82, 2.24) is 4.57 Å². The molecule has 0 saturated heterocycles. The quantitative estimate of drug-likeness (QED) is 0.358. The van der Waals surface area contributed by atoms with Gasteiger partial charge in [0.15, 0.2) is 16.3 Å². The number of carbonyl (C=O) groups excluding carboxylic acids is 2. The lowest BCUT2D eigenvalue weighted by Crippen LogP contribution is -2.39. The number of hydrogen-bond donors (Lipinski definition) is 0. The van der Waals surface area contributed by atoms with Crippen molar-refractivity contribution >= 4 is 52.6 Å². The molecule has 0 radical (unpaired) electrons. The number of rotatable bonds is 5. The number of benzene rings is 2. The molecule has 0 fully saturated rings. The van der Waals surface area contributed by atoms with Crippen LogP contribution < -0.4 is 24.4 Å². The highest BCUT2D eigenvalue weighted by molar-refractivity contribution is 7.07. The smallest absolute Gasteiger partial charge is 0.338 e. The minimum atomic E-state index is -0.864. The monoisotopic (exact) mass is 546 g/mol. The molecule has 1 aliphatic rings. The van der Waals surface area contributed by atoms with Gasteiger partial charge in [-0.1, -0.05) is 46.7 Å². The molecule has 0 bridgehead atoms. The minimum absolute atomic E-state index is 0.197. The molecule has 1 unspecified atom stereocenters. The Morgan fingerprint density at radius 2 is 1.86 bits per heavy atom. The van der Waals surface area contributed by atoms with Gasteiger partial charge in [0.2, 0.25) is 0 Å². The molecule has 4 rings (SSSR count). The average Bonchev–Trinajstić information content (AvgIpc) is 3.13. The summed E-state index contributed by atoms with van der Waals surface area (Å²) in [6.45, 7) is 2.95. The van der Waals surface area contributed by atoms with Crippen molar-refractivity contribution in [2.24, 2.45) is 4.99 Å². The maximum Gasteiger partial charge on any atom is 0.338 e. The van der Waals surface area contributed by atoms with Crippen LogP contribution in [0.4, 0.5) is 0 Å². The van der Waals surface area contributed by atoms with Crippen molar-refractivity contribution in [3.05, 3.63) is 88.5 Å². The molecule has 11 heteroatoms. The molecule has 1 atom stereocenters. The van der Waals surface area contributed by atoms with E-state index in [9.17, 15) is 14.4 Å². The fraction of sp³-hybridized carbons (Fsp3) is 0.200. The number of thiazole rings is 1. The van der Waals surface area contributed by atoms with E-state index in [4.69, 9.17) is 37.4 Å². The van der Waals surface area contributed by atoms with E-state index in [0.29, 0.717) is 36.2 Å². The Kier molecular flexibility index (Phi) is 7.35. The SMILES string of the molecule is COC(=O)C1=C(C)N=c2s/c(=C/c3ccc(Cl)cc3Cl)c(=O)n2C1c1ccc(OC(C)=O)c(OC)c1. The molecular weight excluding hydrogens is 527 g/mol. The third-order valence-corrected chi connectivity index (χ3v) is 6.98. The molecule has 0 spiro atoms. The summed E-state index contributed by atoms with van der Waals surface area (Å²) in [5.41, 5.74) is 1.39. The van der Waals surface area contributed by atoms with Gasteiger partial charge in [0, 0.05) is 17.0 Å². The van der Waals surface area contributed by atoms with Crippen LogP contribution in [0.15, 0.2) is 57.5 Å². The molecule has 3 aromatic rings. The summed E-state index contributed by atoms with van der Waals surface area (Å²) >= 11 is 13.5. The van der Waals surface area contributed by atoms with Crippen LogP contribution in [0.1, 0.15) is 31.0 Å². The van der Waals surface area contributed by atoms with Crippen molar-refractivity contribution in [3.63, 3.8) is 0 Å². The highest BCUT2D eigenvalue weighted by atomic mass is 35.5. The molecule has 2 heterocycles. The van der Waals surface area contributed by atoms with Crippen LogP contribution in [0.2, 0.25) is 10.0 Å². The number of nitrogens with zero attached hydrogens (tertiary/aromatic N) is 2. The first-order chi connectivity index (χ1) is 17.1. The van der Waals surface area contributed by atoms with E-state index < -0.39 is 18.0 Å². The summed E-state index contributed by atoms with van der Waals surface area (Å²) < 4.78 is 17.4. The van der Waals surface area contributed by atoms with E-state index in [1.54, 1.807) is 49.4 Å². The Morgan fingerprint density at radius 3 is 2.50 bits per heavy atom. The molecule has 2 aromatic carbocycles. The molecule has 0 saturated carbocycles. The zero-order chi connectivity index (χ0) is 26.1. The van der Waals surface area contributed by atoms with Crippen molar-refractivity contribution in [1.29, 1.82) is 0 Å². The van der Waals surface area contributed by atoms with Gasteiger partial charge in [-0.15, -0.1) is 0 Å². The molecule has 8 nitrogen and oxygen atoms in total. The van der Waals surface area contributed by atoms with E-state index in [2.05, 4.69) is 4.99 Å². The Bertz CT molecular complexity index is 1610. The zero-order valence-electron chi connectivity index (χ0n) is 19.6. The van der Waals surface area contributed by atoms with Crippen molar-refractivity contribution in [3.8, 4) is 11.5 Å². The van der Waals surface area contributed by atoms with Crippen LogP contribution in [-0.2, 0) is 14.3 Å². The average molecular weight is 547 g/mol. The van der Waals surface area contributed by atoms with Crippen LogP contribution in [0.25, 0.3) is 6.08 Å². The lowest BCUT2D eigenvalue weighted by atomic mass is 9.95. The van der Waals surface area contributed by atoms with Gasteiger partial charge < -0.3 is 14.2 Å². The van der Waals surface area contributed by atoms with Gasteiger partial charge in [-0.3, -0.25) is 14.2 Å². The second-order valence-corrected chi connectivity index (χ2v) is 9.60. The van der Waals surface area contributed by atoms with Crippen LogP contribution in [-0.4, -0.2) is 30.7 Å². The first-order valence-corrected chi connectivity index (χ1v) is 12.1. The maximum absolute atomic E-state index is 13.6. The van der Waals surface area contributed by atoms with Crippen molar-refractivity contribution in [2.45, 2.75) is 19.9 Å². The van der Waals surface area contributed by atoms with E-state index in [-0.39, 0.29) is 22.6 Å². The Balaban J connectivity index is 1.96. The largest absolute Gasteiger partial charge is 0.493 e. The van der Waals surface area contributed by atoms with Crippen LogP contribution in [0.5, 0.6) is 11.5 Å². The van der Waals surface area contributed by atoms with Gasteiger partial charge in [-0.2, -0.15) is 0 Å². The summed E-state index contributed by atoms with van der Waals surface area (Å²) in [6, 6.07) is 8.92. The Labute approximate surface area is 219 Å².